The molecule has 0 spiro atoms. The smallest absolute Gasteiger partial charge is 0.330 e. The first-order valence-electron chi connectivity index (χ1n) is 5.90. The van der Waals surface area contributed by atoms with Crippen LogP contribution < -0.4 is 5.32 Å². The molecule has 4 heteroatoms. The molecule has 1 aliphatic rings. The molecule has 2 rings (SSSR count). The molecule has 0 saturated carbocycles. The van der Waals surface area contributed by atoms with Gasteiger partial charge in [-0.15, -0.1) is 0 Å². The standard InChI is InChI=1S/C14H15NO3/c16-13-9-12(15-13)7-4-8-14(17)18-10-11-5-2-1-3-6-11/h1-6,8,12H,7,9-10H2,(H,15,16)/b8-4+. The normalized spacial score (nSPS) is 18.2. The van der Waals surface area contributed by atoms with Crippen LogP contribution in [0.15, 0.2) is 42.5 Å². The van der Waals surface area contributed by atoms with E-state index in [-0.39, 0.29) is 24.5 Å². The van der Waals surface area contributed by atoms with Gasteiger partial charge in [0.05, 0.1) is 0 Å². The molecule has 1 heterocycles. The van der Waals surface area contributed by atoms with Gasteiger partial charge in [0.25, 0.3) is 0 Å². The molecule has 0 bridgehead atoms. The van der Waals surface area contributed by atoms with E-state index in [4.69, 9.17) is 4.74 Å². The number of hydrogen-bond donors (Lipinski definition) is 1. The quantitative estimate of drug-likeness (QED) is 0.486. The number of carbonyl (C=O) groups is 2. The van der Waals surface area contributed by atoms with E-state index in [1.165, 1.54) is 6.08 Å². The van der Waals surface area contributed by atoms with Crippen LogP contribution in [0.1, 0.15) is 18.4 Å². The summed E-state index contributed by atoms with van der Waals surface area (Å²) in [5.41, 5.74) is 0.963. The largest absolute Gasteiger partial charge is 0.458 e. The highest BCUT2D eigenvalue weighted by Crippen LogP contribution is 2.08. The van der Waals surface area contributed by atoms with Gasteiger partial charge in [0.15, 0.2) is 0 Å². The highest BCUT2D eigenvalue weighted by atomic mass is 16.5. The second kappa shape index (κ2) is 6.00. The zero-order valence-electron chi connectivity index (χ0n) is 9.96. The summed E-state index contributed by atoms with van der Waals surface area (Å²) in [5.74, 6) is -0.287. The van der Waals surface area contributed by atoms with Crippen LogP contribution in [0.25, 0.3) is 0 Å². The molecule has 1 amide bonds. The molecule has 0 radical (unpaired) electrons. The first-order valence-corrected chi connectivity index (χ1v) is 5.90. The summed E-state index contributed by atoms with van der Waals surface area (Å²) in [6, 6.07) is 9.70. The van der Waals surface area contributed by atoms with Crippen molar-refractivity contribution in [2.24, 2.45) is 0 Å². The zero-order chi connectivity index (χ0) is 12.8. The van der Waals surface area contributed by atoms with E-state index in [0.29, 0.717) is 12.8 Å². The number of esters is 1. The molecule has 1 saturated heterocycles. The molecule has 4 nitrogen and oxygen atoms in total. The molecule has 0 aromatic heterocycles. The Balaban J connectivity index is 1.66. The van der Waals surface area contributed by atoms with Gasteiger partial charge in [-0.05, 0) is 12.0 Å². The SMILES string of the molecule is O=C1CC(C/C=C/C(=O)OCc2ccccc2)N1. The summed E-state index contributed by atoms with van der Waals surface area (Å²) in [6.07, 6.45) is 4.36. The van der Waals surface area contributed by atoms with Crippen molar-refractivity contribution in [1.82, 2.24) is 5.32 Å². The van der Waals surface area contributed by atoms with Gasteiger partial charge in [-0.25, -0.2) is 4.79 Å². The molecule has 0 aliphatic carbocycles. The lowest BCUT2D eigenvalue weighted by Crippen LogP contribution is -2.47. The topological polar surface area (TPSA) is 55.4 Å². The summed E-state index contributed by atoms with van der Waals surface area (Å²) in [6.45, 7) is 0.282. The molecular weight excluding hydrogens is 230 g/mol. The molecule has 1 aromatic carbocycles. The number of hydrogen-bond acceptors (Lipinski definition) is 3. The van der Waals surface area contributed by atoms with Gasteiger partial charge in [-0.2, -0.15) is 0 Å². The molecule has 1 aliphatic heterocycles. The first-order chi connectivity index (χ1) is 8.74. The summed E-state index contributed by atoms with van der Waals surface area (Å²) in [7, 11) is 0. The van der Waals surface area contributed by atoms with Crippen LogP contribution in [-0.4, -0.2) is 17.9 Å². The van der Waals surface area contributed by atoms with Crippen molar-refractivity contribution in [2.45, 2.75) is 25.5 Å². The number of ether oxygens (including phenoxy) is 1. The summed E-state index contributed by atoms with van der Waals surface area (Å²) in [4.78, 5) is 22.0. The maximum atomic E-state index is 11.4. The van der Waals surface area contributed by atoms with Crippen LogP contribution in [0, 0.1) is 0 Å². The summed E-state index contributed by atoms with van der Waals surface area (Å²) >= 11 is 0. The van der Waals surface area contributed by atoms with E-state index in [2.05, 4.69) is 5.32 Å². The number of rotatable bonds is 5. The van der Waals surface area contributed by atoms with Crippen molar-refractivity contribution in [3.63, 3.8) is 0 Å². The van der Waals surface area contributed by atoms with Gasteiger partial charge in [-0.3, -0.25) is 4.79 Å². The zero-order valence-corrected chi connectivity index (χ0v) is 9.96. The molecule has 1 aromatic rings. The molecule has 1 atom stereocenters. The lowest BCUT2D eigenvalue weighted by molar-refractivity contribution is -0.139. The minimum absolute atomic E-state index is 0.0695. The minimum atomic E-state index is -0.357. The van der Waals surface area contributed by atoms with E-state index in [0.717, 1.165) is 5.56 Å². The van der Waals surface area contributed by atoms with Gasteiger partial charge in [0.2, 0.25) is 5.91 Å². The fourth-order valence-electron chi connectivity index (χ4n) is 1.68. The van der Waals surface area contributed by atoms with Crippen molar-refractivity contribution >= 4 is 11.9 Å². The Labute approximate surface area is 106 Å². The van der Waals surface area contributed by atoms with Crippen molar-refractivity contribution in [3.05, 3.63) is 48.0 Å². The third-order valence-electron chi connectivity index (χ3n) is 2.70. The van der Waals surface area contributed by atoms with Crippen LogP contribution in [0.5, 0.6) is 0 Å². The number of amides is 1. The number of nitrogens with one attached hydrogen (secondary N) is 1. The summed E-state index contributed by atoms with van der Waals surface area (Å²) < 4.78 is 5.07. The van der Waals surface area contributed by atoms with E-state index in [1.807, 2.05) is 30.3 Å². The van der Waals surface area contributed by atoms with Crippen molar-refractivity contribution in [1.29, 1.82) is 0 Å². The van der Waals surface area contributed by atoms with Gasteiger partial charge in [0, 0.05) is 18.5 Å². The monoisotopic (exact) mass is 245 g/mol. The molecule has 94 valence electrons. The molecule has 1 N–H and O–H groups in total. The van der Waals surface area contributed by atoms with Gasteiger partial charge in [-0.1, -0.05) is 36.4 Å². The molecule has 1 unspecified atom stereocenters. The van der Waals surface area contributed by atoms with Crippen LogP contribution in [0.3, 0.4) is 0 Å². The van der Waals surface area contributed by atoms with E-state index in [1.54, 1.807) is 6.08 Å². The highest BCUT2D eigenvalue weighted by molar-refractivity contribution is 5.83. The molecular formula is C14H15NO3. The second-order valence-corrected chi connectivity index (χ2v) is 4.20. The van der Waals surface area contributed by atoms with Crippen LogP contribution >= 0.6 is 0 Å². The Morgan fingerprint density at radius 1 is 1.39 bits per heavy atom. The average molecular weight is 245 g/mol. The molecule has 18 heavy (non-hydrogen) atoms. The van der Waals surface area contributed by atoms with Gasteiger partial charge < -0.3 is 10.1 Å². The van der Waals surface area contributed by atoms with Gasteiger partial charge >= 0.3 is 5.97 Å². The van der Waals surface area contributed by atoms with E-state index >= 15 is 0 Å². The van der Waals surface area contributed by atoms with Crippen molar-refractivity contribution < 1.29 is 14.3 Å². The van der Waals surface area contributed by atoms with Crippen molar-refractivity contribution in [2.75, 3.05) is 0 Å². The Morgan fingerprint density at radius 3 is 2.78 bits per heavy atom. The maximum Gasteiger partial charge on any atom is 0.330 e. The minimum Gasteiger partial charge on any atom is -0.458 e. The third-order valence-corrected chi connectivity index (χ3v) is 2.70. The Hall–Kier alpha value is -2.10. The second-order valence-electron chi connectivity index (χ2n) is 4.20. The Morgan fingerprint density at radius 2 is 2.11 bits per heavy atom. The highest BCUT2D eigenvalue weighted by Gasteiger charge is 2.23. The number of β-lactam (4-membered cyclic amide) rings is 1. The van der Waals surface area contributed by atoms with Gasteiger partial charge in [0.1, 0.15) is 6.61 Å². The fourth-order valence-corrected chi connectivity index (χ4v) is 1.68. The first kappa shape index (κ1) is 12.4. The fraction of sp³-hybridized carbons (Fsp3) is 0.286. The predicted molar refractivity (Wildman–Crippen MR) is 66.5 cm³/mol. The van der Waals surface area contributed by atoms with Crippen LogP contribution in [-0.2, 0) is 20.9 Å². The van der Waals surface area contributed by atoms with Crippen LogP contribution in [0.4, 0.5) is 0 Å². The lowest BCUT2D eigenvalue weighted by atomic mass is 10.0. The summed E-state index contributed by atoms with van der Waals surface area (Å²) in [5, 5.41) is 2.73. The van der Waals surface area contributed by atoms with Crippen LogP contribution in [0.2, 0.25) is 0 Å². The number of benzene rings is 1. The van der Waals surface area contributed by atoms with E-state index < -0.39 is 0 Å². The predicted octanol–water partition coefficient (Wildman–Crippen LogP) is 1.56. The third kappa shape index (κ3) is 3.73. The Kier molecular flexibility index (Phi) is 4.12. The average Bonchev–Trinajstić information content (AvgIpc) is 2.35. The molecule has 1 fully saturated rings. The lowest BCUT2D eigenvalue weighted by Gasteiger charge is -2.25. The maximum absolute atomic E-state index is 11.4. The van der Waals surface area contributed by atoms with E-state index in [9.17, 15) is 9.59 Å². The Bertz CT molecular complexity index is 445. The van der Waals surface area contributed by atoms with Crippen molar-refractivity contribution in [3.8, 4) is 0 Å². The number of carbonyl (C=O) groups excluding carboxylic acids is 2.